The van der Waals surface area contributed by atoms with Gasteiger partial charge in [0.1, 0.15) is 29.8 Å². The van der Waals surface area contributed by atoms with Crippen LogP contribution in [0.5, 0.6) is 11.5 Å². The minimum atomic E-state index is -0.689. The molecule has 194 valence electrons. The van der Waals surface area contributed by atoms with Crippen molar-refractivity contribution in [2.45, 2.75) is 43.5 Å². The van der Waals surface area contributed by atoms with Crippen LogP contribution in [0.1, 0.15) is 24.8 Å². The number of halogens is 1. The summed E-state index contributed by atoms with van der Waals surface area (Å²) in [6, 6.07) is 12.8. The third kappa shape index (κ3) is 6.04. The first-order valence-corrected chi connectivity index (χ1v) is 12.8. The maximum atomic E-state index is 12.2. The number of hydroxylamine groups is 2. The summed E-state index contributed by atoms with van der Waals surface area (Å²) in [5.41, 5.74) is 1.43. The SMILES string of the molecule is O=C(Nc1ccccc1OC[C@@H](O)CN1CCC2(CC1)Cc1cc(Cl)ccc1O2)ON1CC[C@H](O)C1. The molecule has 0 aliphatic carbocycles. The highest BCUT2D eigenvalue weighted by Crippen LogP contribution is 2.42. The summed E-state index contributed by atoms with van der Waals surface area (Å²) < 4.78 is 12.1. The number of carbonyl (C=O) groups is 1. The van der Waals surface area contributed by atoms with Gasteiger partial charge in [-0.1, -0.05) is 23.7 Å². The molecule has 5 rings (SSSR count). The number of hydrogen-bond donors (Lipinski definition) is 3. The van der Waals surface area contributed by atoms with Crippen LogP contribution in [0.2, 0.25) is 5.02 Å². The van der Waals surface area contributed by atoms with Crippen LogP contribution in [0, 0.1) is 0 Å². The Morgan fingerprint density at radius 1 is 1.22 bits per heavy atom. The molecule has 3 N–H and O–H groups in total. The molecule has 10 heteroatoms. The van der Waals surface area contributed by atoms with E-state index in [-0.39, 0.29) is 12.2 Å². The Hall–Kier alpha value is -2.56. The highest BCUT2D eigenvalue weighted by atomic mass is 35.5. The molecule has 2 fully saturated rings. The zero-order valence-electron chi connectivity index (χ0n) is 20.1. The average Bonchev–Trinajstić information content (AvgIpc) is 3.42. The van der Waals surface area contributed by atoms with Crippen LogP contribution < -0.4 is 14.8 Å². The molecule has 3 heterocycles. The van der Waals surface area contributed by atoms with E-state index < -0.39 is 18.3 Å². The molecule has 0 aromatic heterocycles. The molecule has 2 aromatic rings. The monoisotopic (exact) mass is 517 g/mol. The maximum absolute atomic E-state index is 12.2. The minimum absolute atomic E-state index is 0.0914. The van der Waals surface area contributed by atoms with Crippen molar-refractivity contribution in [3.05, 3.63) is 53.1 Å². The molecule has 0 bridgehead atoms. The quantitative estimate of drug-likeness (QED) is 0.515. The lowest BCUT2D eigenvalue weighted by Gasteiger charge is -2.39. The summed E-state index contributed by atoms with van der Waals surface area (Å²) >= 11 is 6.14. The predicted molar refractivity (Wildman–Crippen MR) is 134 cm³/mol. The molecule has 2 saturated heterocycles. The van der Waals surface area contributed by atoms with Gasteiger partial charge < -0.3 is 29.4 Å². The van der Waals surface area contributed by atoms with Gasteiger partial charge in [-0.25, -0.2) is 4.79 Å². The van der Waals surface area contributed by atoms with Crippen molar-refractivity contribution in [3.63, 3.8) is 0 Å². The van der Waals surface area contributed by atoms with Gasteiger partial charge in [-0.15, -0.1) is 5.06 Å². The van der Waals surface area contributed by atoms with Gasteiger partial charge in [-0.3, -0.25) is 5.32 Å². The zero-order valence-corrected chi connectivity index (χ0v) is 20.8. The largest absolute Gasteiger partial charge is 0.489 e. The van der Waals surface area contributed by atoms with Crippen molar-refractivity contribution in [2.24, 2.45) is 0 Å². The van der Waals surface area contributed by atoms with E-state index >= 15 is 0 Å². The number of aliphatic hydroxyl groups is 2. The average molecular weight is 518 g/mol. The lowest BCUT2D eigenvalue weighted by molar-refractivity contribution is -0.0808. The molecule has 3 aliphatic rings. The Bertz CT molecular complexity index is 1080. The number of nitrogens with zero attached hydrogens (tertiary/aromatic N) is 2. The summed E-state index contributed by atoms with van der Waals surface area (Å²) in [6.07, 6.45) is 1.38. The number of aliphatic hydroxyl groups excluding tert-OH is 2. The number of carbonyl (C=O) groups excluding carboxylic acids is 1. The fourth-order valence-electron chi connectivity index (χ4n) is 5.10. The van der Waals surface area contributed by atoms with Crippen LogP contribution in [0.4, 0.5) is 10.5 Å². The fraction of sp³-hybridized carbons (Fsp3) is 0.500. The normalized spacial score (nSPS) is 22.1. The highest BCUT2D eigenvalue weighted by Gasteiger charge is 2.42. The van der Waals surface area contributed by atoms with Crippen LogP contribution in [0.3, 0.4) is 0 Å². The first-order valence-electron chi connectivity index (χ1n) is 12.4. The molecule has 1 amide bonds. The van der Waals surface area contributed by atoms with E-state index in [1.165, 1.54) is 10.6 Å². The first kappa shape index (κ1) is 25.1. The van der Waals surface area contributed by atoms with Crippen molar-refractivity contribution in [2.75, 3.05) is 44.6 Å². The topological polar surface area (TPSA) is 104 Å². The predicted octanol–water partition coefficient (Wildman–Crippen LogP) is 3.08. The van der Waals surface area contributed by atoms with Crippen LogP contribution in [-0.2, 0) is 11.3 Å². The van der Waals surface area contributed by atoms with Crippen LogP contribution >= 0.6 is 11.6 Å². The molecule has 9 nitrogen and oxygen atoms in total. The Morgan fingerprint density at radius 2 is 2.03 bits per heavy atom. The summed E-state index contributed by atoms with van der Waals surface area (Å²) in [5, 5.41) is 25.0. The van der Waals surface area contributed by atoms with E-state index in [2.05, 4.69) is 10.2 Å². The maximum Gasteiger partial charge on any atom is 0.430 e. The lowest BCUT2D eigenvalue weighted by Crippen LogP contribution is -2.49. The number of likely N-dealkylation sites (tertiary alicyclic amines) is 1. The van der Waals surface area contributed by atoms with E-state index in [1.54, 1.807) is 24.3 Å². The molecule has 0 unspecified atom stereocenters. The number of nitrogens with one attached hydrogen (secondary N) is 1. The van der Waals surface area contributed by atoms with Crippen LogP contribution in [-0.4, -0.2) is 83.4 Å². The Balaban J connectivity index is 1.07. The van der Waals surface area contributed by atoms with E-state index in [4.69, 9.17) is 25.9 Å². The standard InChI is InChI=1S/C26H32ClN3O6/c27-19-5-6-23-18(13-19)14-26(35-23)8-11-29(12-9-26)15-21(32)17-34-24-4-2-1-3-22(24)28-25(33)36-30-10-7-20(31)16-30/h1-6,13,20-21,31-32H,7-12,14-17H2,(H,28,33)/t20-,21-/m0/s1. The molecule has 0 radical (unpaired) electrons. The molecule has 1 spiro atoms. The number of β-amino-alcohol motifs (C(OH)–C–C–N with tert-alkyl or cyclic N) is 2. The first-order chi connectivity index (χ1) is 17.4. The molecular formula is C26H32ClN3O6. The fourth-order valence-corrected chi connectivity index (χ4v) is 5.29. The zero-order chi connectivity index (χ0) is 25.1. The third-order valence-corrected chi connectivity index (χ3v) is 7.23. The van der Waals surface area contributed by atoms with Crippen molar-refractivity contribution < 1.29 is 29.3 Å². The van der Waals surface area contributed by atoms with E-state index in [0.29, 0.717) is 37.5 Å². The van der Waals surface area contributed by atoms with Crippen LogP contribution in [0.25, 0.3) is 0 Å². The molecule has 36 heavy (non-hydrogen) atoms. The van der Waals surface area contributed by atoms with Crippen molar-refractivity contribution in [1.82, 2.24) is 9.96 Å². The molecule has 0 saturated carbocycles. The lowest BCUT2D eigenvalue weighted by atomic mass is 9.87. The summed E-state index contributed by atoms with van der Waals surface area (Å²) in [6.45, 7) is 3.02. The molecule has 3 aliphatic heterocycles. The number of fused-ring (bicyclic) bond motifs is 1. The van der Waals surface area contributed by atoms with Gasteiger partial charge in [0.15, 0.2) is 0 Å². The van der Waals surface area contributed by atoms with Crippen molar-refractivity contribution in [3.8, 4) is 11.5 Å². The minimum Gasteiger partial charge on any atom is -0.489 e. The van der Waals surface area contributed by atoms with Gasteiger partial charge in [0.05, 0.1) is 18.3 Å². The number of amides is 1. The number of para-hydroxylation sites is 2. The molecule has 2 aromatic carbocycles. The second kappa shape index (κ2) is 10.8. The van der Waals surface area contributed by atoms with Gasteiger partial charge >= 0.3 is 6.09 Å². The van der Waals surface area contributed by atoms with Gasteiger partial charge in [0.2, 0.25) is 0 Å². The third-order valence-electron chi connectivity index (χ3n) is 6.99. The van der Waals surface area contributed by atoms with Gasteiger partial charge in [-0.05, 0) is 42.3 Å². The number of anilines is 1. The van der Waals surface area contributed by atoms with E-state index in [1.807, 2.05) is 18.2 Å². The van der Waals surface area contributed by atoms with E-state index in [9.17, 15) is 15.0 Å². The van der Waals surface area contributed by atoms with Crippen molar-refractivity contribution in [1.29, 1.82) is 0 Å². The molecular weight excluding hydrogens is 486 g/mol. The van der Waals surface area contributed by atoms with E-state index in [0.717, 1.165) is 43.1 Å². The number of hydrogen-bond acceptors (Lipinski definition) is 8. The highest BCUT2D eigenvalue weighted by molar-refractivity contribution is 6.30. The Kier molecular flexibility index (Phi) is 7.55. The second-order valence-electron chi connectivity index (χ2n) is 9.81. The Morgan fingerprint density at radius 3 is 2.81 bits per heavy atom. The Labute approximate surface area is 215 Å². The number of ether oxygens (including phenoxy) is 2. The van der Waals surface area contributed by atoms with Gasteiger partial charge in [0, 0.05) is 50.5 Å². The summed E-state index contributed by atoms with van der Waals surface area (Å²) in [7, 11) is 0. The molecule has 2 atom stereocenters. The smallest absolute Gasteiger partial charge is 0.430 e. The van der Waals surface area contributed by atoms with Gasteiger partial charge in [0.25, 0.3) is 0 Å². The number of piperidine rings is 1. The summed E-state index contributed by atoms with van der Waals surface area (Å²) in [4.78, 5) is 19.7. The number of rotatable bonds is 7. The second-order valence-corrected chi connectivity index (χ2v) is 10.2. The van der Waals surface area contributed by atoms with Crippen LogP contribution in [0.15, 0.2) is 42.5 Å². The summed E-state index contributed by atoms with van der Waals surface area (Å²) in [5.74, 6) is 1.37. The van der Waals surface area contributed by atoms with Crippen molar-refractivity contribution >= 4 is 23.4 Å². The number of benzene rings is 2. The van der Waals surface area contributed by atoms with Gasteiger partial charge in [-0.2, -0.15) is 0 Å².